The number of alkyl halides is 3. The summed E-state index contributed by atoms with van der Waals surface area (Å²) in [6.07, 6.45) is -2.46. The molecule has 0 bridgehead atoms. The molecule has 1 amide bonds. The predicted octanol–water partition coefficient (Wildman–Crippen LogP) is 3.26. The number of methoxy groups -OCH3 is 1. The first kappa shape index (κ1) is 19.7. The zero-order chi connectivity index (χ0) is 18.3. The lowest BCUT2D eigenvalue weighted by Crippen LogP contribution is -2.41. The van der Waals surface area contributed by atoms with E-state index in [4.69, 9.17) is 0 Å². The van der Waals surface area contributed by atoms with Gasteiger partial charge in [0.05, 0.1) is 19.1 Å². The lowest BCUT2D eigenvalue weighted by Gasteiger charge is -2.15. The fraction of sp³-hybridized carbons (Fsp3) is 0.412. The molecule has 1 N–H and O–H groups in total. The van der Waals surface area contributed by atoms with Crippen molar-refractivity contribution in [2.24, 2.45) is 0 Å². The highest BCUT2D eigenvalue weighted by atomic mass is 19.4. The first-order chi connectivity index (χ1) is 11.1. The van der Waals surface area contributed by atoms with Crippen LogP contribution in [0.3, 0.4) is 0 Å². The fourth-order valence-corrected chi connectivity index (χ4v) is 1.95. The van der Waals surface area contributed by atoms with E-state index in [-0.39, 0.29) is 12.8 Å². The molecule has 0 unspecified atom stereocenters. The average Bonchev–Trinajstić information content (AvgIpc) is 2.50. The number of nitrogens with one attached hydrogen (secondary N) is 1. The fourth-order valence-electron chi connectivity index (χ4n) is 1.95. The Labute approximate surface area is 138 Å². The molecule has 24 heavy (non-hydrogen) atoms. The van der Waals surface area contributed by atoms with E-state index in [1.165, 1.54) is 19.2 Å². The van der Waals surface area contributed by atoms with Crippen LogP contribution in [0.2, 0.25) is 0 Å². The molecule has 0 aliphatic heterocycles. The van der Waals surface area contributed by atoms with E-state index >= 15 is 0 Å². The molecule has 7 heteroatoms. The van der Waals surface area contributed by atoms with Crippen LogP contribution in [0.15, 0.2) is 35.9 Å². The van der Waals surface area contributed by atoms with Gasteiger partial charge in [-0.05, 0) is 38.0 Å². The lowest BCUT2D eigenvalue weighted by molar-refractivity contribution is -0.145. The van der Waals surface area contributed by atoms with Gasteiger partial charge in [0.2, 0.25) is 5.91 Å². The largest absolute Gasteiger partial charge is 0.467 e. The van der Waals surface area contributed by atoms with Crippen molar-refractivity contribution in [1.29, 1.82) is 0 Å². The van der Waals surface area contributed by atoms with Crippen LogP contribution < -0.4 is 5.32 Å². The Kier molecular flexibility index (Phi) is 7.00. The average molecular weight is 343 g/mol. The molecule has 4 nitrogen and oxygen atoms in total. The summed E-state index contributed by atoms with van der Waals surface area (Å²) in [6, 6.07) is 3.50. The van der Waals surface area contributed by atoms with Crippen molar-refractivity contribution in [2.45, 2.75) is 38.9 Å². The molecule has 0 saturated heterocycles. The van der Waals surface area contributed by atoms with E-state index in [1.54, 1.807) is 6.08 Å². The van der Waals surface area contributed by atoms with Crippen molar-refractivity contribution >= 4 is 11.9 Å². The number of carbonyl (C=O) groups is 2. The summed E-state index contributed by atoms with van der Waals surface area (Å²) in [4.78, 5) is 23.7. The molecule has 132 valence electrons. The van der Waals surface area contributed by atoms with Crippen molar-refractivity contribution in [3.63, 3.8) is 0 Å². The van der Waals surface area contributed by atoms with Gasteiger partial charge in [-0.15, -0.1) is 0 Å². The van der Waals surface area contributed by atoms with Crippen LogP contribution in [0.25, 0.3) is 0 Å². The van der Waals surface area contributed by atoms with Crippen LogP contribution in [0, 0.1) is 0 Å². The minimum absolute atomic E-state index is 0.125. The minimum Gasteiger partial charge on any atom is -0.467 e. The van der Waals surface area contributed by atoms with E-state index in [9.17, 15) is 22.8 Å². The zero-order valence-corrected chi connectivity index (χ0v) is 13.7. The van der Waals surface area contributed by atoms with Gasteiger partial charge >= 0.3 is 12.1 Å². The maximum Gasteiger partial charge on any atom is 0.416 e. The van der Waals surface area contributed by atoms with Gasteiger partial charge < -0.3 is 10.1 Å². The topological polar surface area (TPSA) is 55.4 Å². The second-order valence-electron chi connectivity index (χ2n) is 5.53. The third-order valence-corrected chi connectivity index (χ3v) is 3.23. The van der Waals surface area contributed by atoms with E-state index < -0.39 is 29.7 Å². The number of amides is 1. The van der Waals surface area contributed by atoms with E-state index in [0.29, 0.717) is 5.56 Å². The first-order valence-electron chi connectivity index (χ1n) is 7.30. The van der Waals surface area contributed by atoms with Gasteiger partial charge in [-0.1, -0.05) is 23.8 Å². The Morgan fingerprint density at radius 2 is 1.79 bits per heavy atom. The molecule has 1 aromatic rings. The number of benzene rings is 1. The highest BCUT2D eigenvalue weighted by Gasteiger charge is 2.30. The highest BCUT2D eigenvalue weighted by molar-refractivity contribution is 5.85. The molecular formula is C17H20F3NO3. The second kappa shape index (κ2) is 8.52. The summed E-state index contributed by atoms with van der Waals surface area (Å²) >= 11 is 0. The SMILES string of the molecule is COC(=O)[C@@H](CC=C(C)C)NC(=O)Cc1ccc(C(F)(F)F)cc1. The Hall–Kier alpha value is -2.31. The van der Waals surface area contributed by atoms with Gasteiger partial charge in [0.1, 0.15) is 6.04 Å². The number of halogens is 3. The lowest BCUT2D eigenvalue weighted by atomic mass is 10.1. The summed E-state index contributed by atoms with van der Waals surface area (Å²) in [6.45, 7) is 3.72. The third kappa shape index (κ3) is 6.44. The van der Waals surface area contributed by atoms with Crippen LogP contribution in [-0.2, 0) is 26.9 Å². The van der Waals surface area contributed by atoms with Gasteiger partial charge in [-0.2, -0.15) is 13.2 Å². The van der Waals surface area contributed by atoms with Crippen molar-refractivity contribution in [3.8, 4) is 0 Å². The minimum atomic E-state index is -4.42. The van der Waals surface area contributed by atoms with Gasteiger partial charge in [0.15, 0.2) is 0 Å². The third-order valence-electron chi connectivity index (χ3n) is 3.23. The van der Waals surface area contributed by atoms with Crippen LogP contribution in [0.4, 0.5) is 13.2 Å². The monoisotopic (exact) mass is 343 g/mol. The van der Waals surface area contributed by atoms with Crippen LogP contribution in [0.5, 0.6) is 0 Å². The van der Waals surface area contributed by atoms with Gasteiger partial charge in [0.25, 0.3) is 0 Å². The number of rotatable bonds is 6. The second-order valence-corrected chi connectivity index (χ2v) is 5.53. The summed E-state index contributed by atoms with van der Waals surface area (Å²) in [5, 5.41) is 2.54. The maximum absolute atomic E-state index is 12.5. The standard InChI is InChI=1S/C17H20F3NO3/c1-11(2)4-9-14(16(23)24-3)21-15(22)10-12-5-7-13(8-6-12)17(18,19)20/h4-8,14H,9-10H2,1-3H3,(H,21,22)/t14-/m1/s1. The van der Waals surface area contributed by atoms with Gasteiger partial charge in [0, 0.05) is 0 Å². The van der Waals surface area contributed by atoms with Crippen molar-refractivity contribution < 1.29 is 27.5 Å². The molecule has 0 fully saturated rings. The van der Waals surface area contributed by atoms with Crippen molar-refractivity contribution in [3.05, 3.63) is 47.0 Å². The van der Waals surface area contributed by atoms with Crippen molar-refractivity contribution in [1.82, 2.24) is 5.32 Å². The normalized spacial score (nSPS) is 12.2. The van der Waals surface area contributed by atoms with Gasteiger partial charge in [-0.25, -0.2) is 4.79 Å². The number of allylic oxidation sites excluding steroid dienone is 1. The molecule has 0 aromatic heterocycles. The Morgan fingerprint density at radius 3 is 2.25 bits per heavy atom. The van der Waals surface area contributed by atoms with Crippen LogP contribution in [0.1, 0.15) is 31.4 Å². The maximum atomic E-state index is 12.5. The van der Waals surface area contributed by atoms with E-state index in [0.717, 1.165) is 17.7 Å². The smallest absolute Gasteiger partial charge is 0.416 e. The van der Waals surface area contributed by atoms with Crippen molar-refractivity contribution in [2.75, 3.05) is 7.11 Å². The quantitative estimate of drug-likeness (QED) is 0.637. The zero-order valence-electron chi connectivity index (χ0n) is 13.7. The number of ether oxygens (including phenoxy) is 1. The summed E-state index contributed by atoms with van der Waals surface area (Å²) in [7, 11) is 1.22. The molecule has 0 spiro atoms. The van der Waals surface area contributed by atoms with Gasteiger partial charge in [-0.3, -0.25) is 4.79 Å². The molecule has 1 rings (SSSR count). The molecule has 1 aromatic carbocycles. The van der Waals surface area contributed by atoms with Crippen LogP contribution in [-0.4, -0.2) is 25.0 Å². The summed E-state index contributed by atoms with van der Waals surface area (Å²) in [5.74, 6) is -1.04. The molecule has 0 radical (unpaired) electrons. The van der Waals surface area contributed by atoms with E-state index in [1.807, 2.05) is 13.8 Å². The predicted molar refractivity (Wildman–Crippen MR) is 83.1 cm³/mol. The molecular weight excluding hydrogens is 323 g/mol. The molecule has 0 aliphatic carbocycles. The summed E-state index contributed by atoms with van der Waals surface area (Å²) in [5.41, 5.74) is 0.634. The Morgan fingerprint density at radius 1 is 1.21 bits per heavy atom. The Bertz CT molecular complexity index is 603. The number of hydrogen-bond acceptors (Lipinski definition) is 3. The summed E-state index contributed by atoms with van der Waals surface area (Å²) < 4.78 is 42.1. The number of carbonyl (C=O) groups excluding carboxylic acids is 2. The first-order valence-corrected chi connectivity index (χ1v) is 7.30. The molecule has 1 atom stereocenters. The van der Waals surface area contributed by atoms with E-state index in [2.05, 4.69) is 10.1 Å². The van der Waals surface area contributed by atoms with Crippen LogP contribution >= 0.6 is 0 Å². The molecule has 0 heterocycles. The number of hydrogen-bond donors (Lipinski definition) is 1. The molecule has 0 aliphatic rings. The highest BCUT2D eigenvalue weighted by Crippen LogP contribution is 2.29. The Balaban J connectivity index is 2.71. The molecule has 0 saturated carbocycles. The number of esters is 1.